The maximum Gasteiger partial charge on any atom is 0.339 e. The zero-order chi connectivity index (χ0) is 23.6. The Morgan fingerprint density at radius 3 is 2.64 bits per heavy atom. The van der Waals surface area contributed by atoms with Crippen LogP contribution in [0, 0.1) is 5.92 Å². The highest BCUT2D eigenvalue weighted by Gasteiger charge is 2.19. The van der Waals surface area contributed by atoms with Gasteiger partial charge in [-0.05, 0) is 36.4 Å². The van der Waals surface area contributed by atoms with Gasteiger partial charge in [0.25, 0.3) is 0 Å². The standard InChI is InChI=1S/C21H19N5O6S/c1-13(20(28)29)10-19(27)25-21-23-17-7-4-15(11-18(17)24-21)32-33(30,31)16-5-2-14(3-6-16)26-9-8-22-12-26/h2-9,11-13H,10H2,1H3,(H,28,29)(H2,23,24,25,27). The molecule has 0 bridgehead atoms. The normalized spacial score (nSPS) is 12.4. The van der Waals surface area contributed by atoms with Crippen molar-refractivity contribution in [2.75, 3.05) is 5.32 Å². The van der Waals surface area contributed by atoms with Crippen LogP contribution in [0.5, 0.6) is 5.75 Å². The quantitative estimate of drug-likeness (QED) is 0.332. The highest BCUT2D eigenvalue weighted by Crippen LogP contribution is 2.24. The van der Waals surface area contributed by atoms with Crippen LogP contribution in [-0.2, 0) is 19.7 Å². The van der Waals surface area contributed by atoms with Crippen LogP contribution in [0.3, 0.4) is 0 Å². The number of carboxylic acids is 1. The first-order chi connectivity index (χ1) is 15.7. The van der Waals surface area contributed by atoms with Crippen molar-refractivity contribution >= 4 is 39.0 Å². The number of rotatable bonds is 8. The highest BCUT2D eigenvalue weighted by molar-refractivity contribution is 7.87. The maximum absolute atomic E-state index is 12.7. The Morgan fingerprint density at radius 1 is 1.21 bits per heavy atom. The number of aliphatic carboxylic acids is 1. The van der Waals surface area contributed by atoms with Crippen molar-refractivity contribution in [1.82, 2.24) is 19.5 Å². The van der Waals surface area contributed by atoms with Crippen molar-refractivity contribution in [3.05, 3.63) is 61.2 Å². The molecule has 3 N–H and O–H groups in total. The lowest BCUT2D eigenvalue weighted by Gasteiger charge is -2.08. The summed E-state index contributed by atoms with van der Waals surface area (Å²) >= 11 is 0. The lowest BCUT2D eigenvalue weighted by molar-refractivity contribution is -0.142. The van der Waals surface area contributed by atoms with Gasteiger partial charge >= 0.3 is 16.1 Å². The van der Waals surface area contributed by atoms with Gasteiger partial charge in [0.1, 0.15) is 10.6 Å². The number of H-pyrrole nitrogens is 1. The number of carbonyl (C=O) groups is 2. The molecule has 1 atom stereocenters. The van der Waals surface area contributed by atoms with Gasteiger partial charge in [0, 0.05) is 30.6 Å². The zero-order valence-electron chi connectivity index (χ0n) is 17.3. The first-order valence-electron chi connectivity index (χ1n) is 9.76. The summed E-state index contributed by atoms with van der Waals surface area (Å²) in [4.78, 5) is 33.8. The Balaban J connectivity index is 1.48. The predicted molar refractivity (Wildman–Crippen MR) is 118 cm³/mol. The second kappa shape index (κ2) is 8.74. The van der Waals surface area contributed by atoms with Crippen molar-refractivity contribution < 1.29 is 27.3 Å². The number of nitrogens with zero attached hydrogens (tertiary/aromatic N) is 3. The topological polar surface area (TPSA) is 156 Å². The minimum absolute atomic E-state index is 0.0171. The number of imidazole rings is 2. The molecule has 1 amide bonds. The van der Waals surface area contributed by atoms with E-state index in [0.29, 0.717) is 11.0 Å². The van der Waals surface area contributed by atoms with Crippen molar-refractivity contribution in [1.29, 1.82) is 0 Å². The second-order valence-electron chi connectivity index (χ2n) is 7.26. The Morgan fingerprint density at radius 2 is 1.97 bits per heavy atom. The summed E-state index contributed by atoms with van der Waals surface area (Å²) in [6.07, 6.45) is 4.75. The van der Waals surface area contributed by atoms with Crippen LogP contribution in [0.15, 0.2) is 66.1 Å². The number of fused-ring (bicyclic) bond motifs is 1. The largest absolute Gasteiger partial charge is 0.481 e. The Labute approximate surface area is 188 Å². The minimum atomic E-state index is -4.09. The third kappa shape index (κ3) is 5.01. The van der Waals surface area contributed by atoms with Gasteiger partial charge in [-0.2, -0.15) is 8.42 Å². The van der Waals surface area contributed by atoms with E-state index in [2.05, 4.69) is 20.3 Å². The van der Waals surface area contributed by atoms with Gasteiger partial charge in [-0.1, -0.05) is 6.92 Å². The number of hydrogen-bond acceptors (Lipinski definition) is 7. The SMILES string of the molecule is CC(CC(=O)Nc1nc2ccc(OS(=O)(=O)c3ccc(-n4ccnc4)cc3)cc2[nH]1)C(=O)O. The van der Waals surface area contributed by atoms with Crippen LogP contribution < -0.4 is 9.50 Å². The van der Waals surface area contributed by atoms with E-state index in [1.54, 1.807) is 35.4 Å². The van der Waals surface area contributed by atoms with Gasteiger partial charge in [-0.3, -0.25) is 14.9 Å². The number of anilines is 1. The number of carbonyl (C=O) groups excluding carboxylic acids is 1. The van der Waals surface area contributed by atoms with Crippen LogP contribution in [-0.4, -0.2) is 44.9 Å². The van der Waals surface area contributed by atoms with Gasteiger partial charge in [0.05, 0.1) is 23.3 Å². The first-order valence-corrected chi connectivity index (χ1v) is 11.2. The molecule has 12 heteroatoms. The van der Waals surface area contributed by atoms with E-state index < -0.39 is 27.9 Å². The average Bonchev–Trinajstić information content (AvgIpc) is 3.43. The molecule has 0 saturated carbocycles. The molecule has 33 heavy (non-hydrogen) atoms. The molecule has 0 saturated heterocycles. The highest BCUT2D eigenvalue weighted by atomic mass is 32.2. The molecule has 0 aliphatic rings. The molecular weight excluding hydrogens is 450 g/mol. The number of nitrogens with one attached hydrogen (secondary N) is 2. The molecule has 0 aliphatic heterocycles. The van der Waals surface area contributed by atoms with Crippen LogP contribution in [0.25, 0.3) is 16.7 Å². The third-order valence-corrected chi connectivity index (χ3v) is 6.02. The number of aromatic nitrogens is 4. The molecule has 170 valence electrons. The van der Waals surface area contributed by atoms with Gasteiger partial charge < -0.3 is 18.8 Å². The van der Waals surface area contributed by atoms with E-state index in [0.717, 1.165) is 5.69 Å². The summed E-state index contributed by atoms with van der Waals surface area (Å²) in [5.41, 5.74) is 1.64. The summed E-state index contributed by atoms with van der Waals surface area (Å²) in [6, 6.07) is 10.6. The van der Waals surface area contributed by atoms with Crippen LogP contribution in [0.4, 0.5) is 5.95 Å². The number of benzene rings is 2. The molecule has 11 nitrogen and oxygen atoms in total. The Bertz CT molecular complexity index is 1410. The number of amides is 1. The Kier molecular flexibility index (Phi) is 5.84. The number of carboxylic acid groups (broad SMARTS) is 1. The third-order valence-electron chi connectivity index (χ3n) is 4.76. The minimum Gasteiger partial charge on any atom is -0.481 e. The van der Waals surface area contributed by atoms with Crippen LogP contribution in [0.1, 0.15) is 13.3 Å². The average molecular weight is 469 g/mol. The van der Waals surface area contributed by atoms with Gasteiger partial charge in [0.15, 0.2) is 0 Å². The summed E-state index contributed by atoms with van der Waals surface area (Å²) in [5.74, 6) is -2.25. The van der Waals surface area contributed by atoms with E-state index in [9.17, 15) is 18.0 Å². The van der Waals surface area contributed by atoms with Crippen LogP contribution >= 0.6 is 0 Å². The van der Waals surface area contributed by atoms with E-state index in [4.69, 9.17) is 9.29 Å². The Hall–Kier alpha value is -4.19. The van der Waals surface area contributed by atoms with Crippen molar-refractivity contribution in [2.45, 2.75) is 18.2 Å². The van der Waals surface area contributed by atoms with Crippen molar-refractivity contribution in [3.63, 3.8) is 0 Å². The molecule has 0 radical (unpaired) electrons. The van der Waals surface area contributed by atoms with Crippen LogP contribution in [0.2, 0.25) is 0 Å². The molecule has 0 aliphatic carbocycles. The maximum atomic E-state index is 12.7. The fourth-order valence-corrected chi connectivity index (χ4v) is 3.94. The summed E-state index contributed by atoms with van der Waals surface area (Å²) in [7, 11) is -4.09. The molecule has 4 aromatic rings. The summed E-state index contributed by atoms with van der Waals surface area (Å²) in [5, 5.41) is 11.4. The number of hydrogen-bond donors (Lipinski definition) is 3. The zero-order valence-corrected chi connectivity index (χ0v) is 18.1. The molecule has 2 aromatic carbocycles. The predicted octanol–water partition coefficient (Wildman–Crippen LogP) is 2.57. The molecule has 2 aromatic heterocycles. The molecule has 2 heterocycles. The van der Waals surface area contributed by atoms with E-state index in [-0.39, 0.29) is 23.0 Å². The lowest BCUT2D eigenvalue weighted by atomic mass is 10.1. The summed E-state index contributed by atoms with van der Waals surface area (Å²) < 4.78 is 32.3. The fraction of sp³-hybridized carbons (Fsp3) is 0.143. The van der Waals surface area contributed by atoms with E-state index >= 15 is 0 Å². The monoisotopic (exact) mass is 469 g/mol. The molecule has 0 spiro atoms. The fourth-order valence-electron chi connectivity index (χ4n) is 3.02. The first kappa shape index (κ1) is 22.0. The van der Waals surface area contributed by atoms with Crippen molar-refractivity contribution in [3.8, 4) is 11.4 Å². The second-order valence-corrected chi connectivity index (χ2v) is 8.80. The van der Waals surface area contributed by atoms with E-state index in [1.807, 2.05) is 0 Å². The van der Waals surface area contributed by atoms with Crippen molar-refractivity contribution in [2.24, 2.45) is 5.92 Å². The number of aromatic amines is 1. The lowest BCUT2D eigenvalue weighted by Crippen LogP contribution is -2.20. The molecular formula is C21H19N5O6S. The van der Waals surface area contributed by atoms with Gasteiger partial charge in [-0.25, -0.2) is 9.97 Å². The molecule has 4 rings (SSSR count). The van der Waals surface area contributed by atoms with Gasteiger partial charge in [-0.15, -0.1) is 0 Å². The summed E-state index contributed by atoms with van der Waals surface area (Å²) in [6.45, 7) is 1.43. The van der Waals surface area contributed by atoms with Gasteiger partial charge in [0.2, 0.25) is 11.9 Å². The van der Waals surface area contributed by atoms with E-state index in [1.165, 1.54) is 37.3 Å². The smallest absolute Gasteiger partial charge is 0.339 e. The molecule has 0 fully saturated rings. The molecule has 1 unspecified atom stereocenters.